The lowest BCUT2D eigenvalue weighted by molar-refractivity contribution is -0.124. The first kappa shape index (κ1) is 17.1. The van der Waals surface area contributed by atoms with Gasteiger partial charge in [-0.25, -0.2) is 4.39 Å². The molecular formula is C17H21FN2O3. The highest BCUT2D eigenvalue weighted by molar-refractivity contribution is 5.78. The minimum atomic E-state index is -0.870. The van der Waals surface area contributed by atoms with Gasteiger partial charge >= 0.3 is 0 Å². The molecule has 0 aliphatic carbocycles. The van der Waals surface area contributed by atoms with Crippen LogP contribution in [0.15, 0.2) is 28.8 Å². The molecule has 23 heavy (non-hydrogen) atoms. The molecule has 6 heteroatoms. The van der Waals surface area contributed by atoms with Crippen molar-refractivity contribution in [1.82, 2.24) is 10.5 Å². The van der Waals surface area contributed by atoms with Crippen molar-refractivity contribution >= 4 is 5.91 Å². The average molecular weight is 320 g/mol. The van der Waals surface area contributed by atoms with E-state index in [4.69, 9.17) is 4.52 Å². The van der Waals surface area contributed by atoms with Crippen LogP contribution in [0.2, 0.25) is 0 Å². The standard InChI is InChI=1S/C17H21FN2O3/c1-10(8-15-11(2)20-23-12(15)3)17(22)19-9-16(21)13-4-6-14(18)7-5-13/h4-7,10,16,21H,8-9H2,1-3H3,(H,19,22). The second-order valence-corrected chi connectivity index (χ2v) is 5.72. The molecule has 0 aliphatic heterocycles. The summed E-state index contributed by atoms with van der Waals surface area (Å²) in [7, 11) is 0. The molecule has 0 saturated heterocycles. The van der Waals surface area contributed by atoms with Gasteiger partial charge in [0.25, 0.3) is 0 Å². The number of nitrogens with one attached hydrogen (secondary N) is 1. The van der Waals surface area contributed by atoms with Gasteiger partial charge in [-0.3, -0.25) is 4.79 Å². The molecule has 2 rings (SSSR count). The zero-order valence-corrected chi connectivity index (χ0v) is 13.5. The smallest absolute Gasteiger partial charge is 0.223 e. The van der Waals surface area contributed by atoms with E-state index in [0.717, 1.165) is 11.3 Å². The highest BCUT2D eigenvalue weighted by Crippen LogP contribution is 2.18. The first-order chi connectivity index (χ1) is 10.9. The highest BCUT2D eigenvalue weighted by atomic mass is 19.1. The second-order valence-electron chi connectivity index (χ2n) is 5.72. The van der Waals surface area contributed by atoms with Crippen molar-refractivity contribution in [3.05, 3.63) is 52.7 Å². The quantitative estimate of drug-likeness (QED) is 0.857. The van der Waals surface area contributed by atoms with Crippen LogP contribution >= 0.6 is 0 Å². The Hall–Kier alpha value is -2.21. The number of amides is 1. The number of carbonyl (C=O) groups is 1. The van der Waals surface area contributed by atoms with Crippen LogP contribution in [0.1, 0.15) is 35.6 Å². The molecule has 0 spiro atoms. The molecule has 1 heterocycles. The van der Waals surface area contributed by atoms with Gasteiger partial charge in [0, 0.05) is 18.0 Å². The first-order valence-corrected chi connectivity index (χ1v) is 7.51. The summed E-state index contributed by atoms with van der Waals surface area (Å²) in [5, 5.41) is 16.6. The molecular weight excluding hydrogens is 299 g/mol. The maximum atomic E-state index is 12.9. The van der Waals surface area contributed by atoms with Gasteiger partial charge in [0.15, 0.2) is 0 Å². The molecule has 1 aromatic carbocycles. The molecule has 124 valence electrons. The summed E-state index contributed by atoms with van der Waals surface area (Å²) in [5.74, 6) is -0.0788. The molecule has 0 fully saturated rings. The molecule has 0 bridgehead atoms. The Morgan fingerprint density at radius 2 is 2.00 bits per heavy atom. The van der Waals surface area contributed by atoms with Crippen LogP contribution < -0.4 is 5.32 Å². The van der Waals surface area contributed by atoms with Gasteiger partial charge in [-0.05, 0) is 38.0 Å². The molecule has 1 amide bonds. The van der Waals surface area contributed by atoms with Gasteiger partial charge in [-0.15, -0.1) is 0 Å². The zero-order chi connectivity index (χ0) is 17.0. The van der Waals surface area contributed by atoms with Crippen LogP contribution in [0.3, 0.4) is 0 Å². The van der Waals surface area contributed by atoms with Gasteiger partial charge in [-0.1, -0.05) is 24.2 Å². The minimum Gasteiger partial charge on any atom is -0.387 e. The fourth-order valence-corrected chi connectivity index (χ4v) is 2.37. The molecule has 2 unspecified atom stereocenters. The summed E-state index contributed by atoms with van der Waals surface area (Å²) in [6.45, 7) is 5.55. The molecule has 0 radical (unpaired) electrons. The van der Waals surface area contributed by atoms with E-state index in [9.17, 15) is 14.3 Å². The van der Waals surface area contributed by atoms with E-state index >= 15 is 0 Å². The Morgan fingerprint density at radius 3 is 2.57 bits per heavy atom. The van der Waals surface area contributed by atoms with Crippen LogP contribution in [0.4, 0.5) is 4.39 Å². The third kappa shape index (κ3) is 4.39. The monoisotopic (exact) mass is 320 g/mol. The third-order valence-electron chi connectivity index (χ3n) is 3.86. The van der Waals surface area contributed by atoms with Crippen molar-refractivity contribution in [3.8, 4) is 0 Å². The van der Waals surface area contributed by atoms with Crippen LogP contribution in [-0.4, -0.2) is 22.7 Å². The molecule has 5 nitrogen and oxygen atoms in total. The predicted molar refractivity (Wildman–Crippen MR) is 83.2 cm³/mol. The van der Waals surface area contributed by atoms with Crippen molar-refractivity contribution in [2.75, 3.05) is 6.54 Å². The molecule has 2 aromatic rings. The number of aromatic nitrogens is 1. The second kappa shape index (κ2) is 7.37. The van der Waals surface area contributed by atoms with E-state index in [1.165, 1.54) is 24.3 Å². The van der Waals surface area contributed by atoms with E-state index in [1.54, 1.807) is 0 Å². The van der Waals surface area contributed by atoms with Crippen LogP contribution in [-0.2, 0) is 11.2 Å². The van der Waals surface area contributed by atoms with E-state index in [2.05, 4.69) is 10.5 Å². The van der Waals surface area contributed by atoms with Gasteiger partial charge in [-0.2, -0.15) is 0 Å². The van der Waals surface area contributed by atoms with Crippen molar-refractivity contribution in [2.45, 2.75) is 33.3 Å². The fraction of sp³-hybridized carbons (Fsp3) is 0.412. The number of aryl methyl sites for hydroxylation is 2. The third-order valence-corrected chi connectivity index (χ3v) is 3.86. The fourth-order valence-electron chi connectivity index (χ4n) is 2.37. The first-order valence-electron chi connectivity index (χ1n) is 7.51. The van der Waals surface area contributed by atoms with Gasteiger partial charge in [0.1, 0.15) is 11.6 Å². The lowest BCUT2D eigenvalue weighted by Gasteiger charge is -2.15. The average Bonchev–Trinajstić information content (AvgIpc) is 2.84. The summed E-state index contributed by atoms with van der Waals surface area (Å²) in [6.07, 6.45) is -0.342. The van der Waals surface area contributed by atoms with Crippen molar-refractivity contribution in [2.24, 2.45) is 5.92 Å². The molecule has 0 aliphatic rings. The lowest BCUT2D eigenvalue weighted by atomic mass is 9.99. The number of halogens is 1. The summed E-state index contributed by atoms with van der Waals surface area (Å²) in [6, 6.07) is 5.56. The molecule has 1 aromatic heterocycles. The number of nitrogens with zero attached hydrogens (tertiary/aromatic N) is 1. The SMILES string of the molecule is Cc1noc(C)c1CC(C)C(=O)NCC(O)c1ccc(F)cc1. The number of benzene rings is 1. The Labute approximate surface area is 134 Å². The minimum absolute atomic E-state index is 0.0798. The molecule has 2 N–H and O–H groups in total. The van der Waals surface area contributed by atoms with Crippen LogP contribution in [0.25, 0.3) is 0 Å². The number of rotatable bonds is 6. The Kier molecular flexibility index (Phi) is 5.50. The zero-order valence-electron chi connectivity index (χ0n) is 13.5. The summed E-state index contributed by atoms with van der Waals surface area (Å²) < 4.78 is 17.9. The Morgan fingerprint density at radius 1 is 1.35 bits per heavy atom. The largest absolute Gasteiger partial charge is 0.387 e. The van der Waals surface area contributed by atoms with Crippen molar-refractivity contribution in [3.63, 3.8) is 0 Å². The topological polar surface area (TPSA) is 75.4 Å². The predicted octanol–water partition coefficient (Wildman–Crippen LogP) is 2.46. The van der Waals surface area contributed by atoms with E-state index < -0.39 is 6.10 Å². The number of aliphatic hydroxyl groups excluding tert-OH is 1. The maximum Gasteiger partial charge on any atom is 0.223 e. The van der Waals surface area contributed by atoms with Crippen LogP contribution in [0, 0.1) is 25.6 Å². The summed E-state index contributed by atoms with van der Waals surface area (Å²) in [5.41, 5.74) is 2.28. The number of hydrogen-bond donors (Lipinski definition) is 2. The highest BCUT2D eigenvalue weighted by Gasteiger charge is 2.19. The van der Waals surface area contributed by atoms with Gasteiger partial charge < -0.3 is 14.9 Å². The molecule has 0 saturated carbocycles. The maximum absolute atomic E-state index is 12.9. The number of carbonyl (C=O) groups excluding carboxylic acids is 1. The normalized spacial score (nSPS) is 13.6. The van der Waals surface area contributed by atoms with Crippen molar-refractivity contribution < 1.29 is 18.8 Å². The Bertz CT molecular complexity index is 647. The van der Waals surface area contributed by atoms with Crippen molar-refractivity contribution in [1.29, 1.82) is 0 Å². The summed E-state index contributed by atoms with van der Waals surface area (Å²) >= 11 is 0. The van der Waals surface area contributed by atoms with E-state index in [1.807, 2.05) is 20.8 Å². The number of aliphatic hydroxyl groups is 1. The van der Waals surface area contributed by atoms with Gasteiger partial charge in [0.2, 0.25) is 5.91 Å². The van der Waals surface area contributed by atoms with E-state index in [-0.39, 0.29) is 24.2 Å². The van der Waals surface area contributed by atoms with E-state index in [0.29, 0.717) is 17.7 Å². The molecule has 2 atom stereocenters. The number of hydrogen-bond acceptors (Lipinski definition) is 4. The summed E-state index contributed by atoms with van der Waals surface area (Å²) in [4.78, 5) is 12.1. The van der Waals surface area contributed by atoms with Gasteiger partial charge in [0.05, 0.1) is 11.8 Å². The van der Waals surface area contributed by atoms with Crippen LogP contribution in [0.5, 0.6) is 0 Å². The lowest BCUT2D eigenvalue weighted by Crippen LogP contribution is -2.33. The Balaban J connectivity index is 1.87.